The van der Waals surface area contributed by atoms with Gasteiger partial charge in [-0.1, -0.05) is 0 Å². The van der Waals surface area contributed by atoms with Gasteiger partial charge in [0.25, 0.3) is 6.43 Å². The number of hydrogen-bond donors (Lipinski definition) is 1. The van der Waals surface area contributed by atoms with Gasteiger partial charge in [-0.05, 0) is 12.8 Å². The SMILES string of the molecule is O=C(O)c1oc(CC2CCCO2)nc1C(F)F. The number of aromatic nitrogens is 1. The van der Waals surface area contributed by atoms with Gasteiger partial charge in [0.1, 0.15) is 0 Å². The lowest BCUT2D eigenvalue weighted by Gasteiger charge is -2.04. The summed E-state index contributed by atoms with van der Waals surface area (Å²) in [6, 6.07) is 0. The smallest absolute Gasteiger partial charge is 0.374 e. The lowest BCUT2D eigenvalue weighted by Crippen LogP contribution is -2.09. The Morgan fingerprint density at radius 3 is 2.82 bits per heavy atom. The lowest BCUT2D eigenvalue weighted by molar-refractivity contribution is 0.0639. The second-order valence-corrected chi connectivity index (χ2v) is 3.77. The average Bonchev–Trinajstić information content (AvgIpc) is 2.86. The zero-order valence-electron chi connectivity index (χ0n) is 8.86. The summed E-state index contributed by atoms with van der Waals surface area (Å²) in [7, 11) is 0. The van der Waals surface area contributed by atoms with Gasteiger partial charge < -0.3 is 14.3 Å². The quantitative estimate of drug-likeness (QED) is 0.881. The number of halogens is 2. The lowest BCUT2D eigenvalue weighted by atomic mass is 10.2. The van der Waals surface area contributed by atoms with Gasteiger partial charge in [-0.15, -0.1) is 0 Å². The molecule has 0 radical (unpaired) electrons. The summed E-state index contributed by atoms with van der Waals surface area (Å²) < 4.78 is 35.1. The third kappa shape index (κ3) is 2.60. The van der Waals surface area contributed by atoms with Crippen molar-refractivity contribution in [3.05, 3.63) is 17.3 Å². The molecule has 1 aliphatic rings. The first-order valence-electron chi connectivity index (χ1n) is 5.20. The van der Waals surface area contributed by atoms with E-state index in [1.807, 2.05) is 0 Å². The average molecular weight is 247 g/mol. The van der Waals surface area contributed by atoms with E-state index in [1.54, 1.807) is 0 Å². The largest absolute Gasteiger partial charge is 0.475 e. The van der Waals surface area contributed by atoms with Gasteiger partial charge in [-0.3, -0.25) is 0 Å². The minimum Gasteiger partial charge on any atom is -0.475 e. The molecule has 0 saturated carbocycles. The second kappa shape index (κ2) is 4.79. The summed E-state index contributed by atoms with van der Waals surface area (Å²) in [4.78, 5) is 14.2. The molecule has 1 unspecified atom stereocenters. The van der Waals surface area contributed by atoms with E-state index in [2.05, 4.69) is 4.98 Å². The number of ether oxygens (including phenoxy) is 1. The van der Waals surface area contributed by atoms with Gasteiger partial charge in [0.2, 0.25) is 5.76 Å². The summed E-state index contributed by atoms with van der Waals surface area (Å²) in [5.41, 5.74) is -0.814. The van der Waals surface area contributed by atoms with Crippen LogP contribution in [0.5, 0.6) is 0 Å². The van der Waals surface area contributed by atoms with Crippen molar-refractivity contribution in [1.29, 1.82) is 0 Å². The summed E-state index contributed by atoms with van der Waals surface area (Å²) in [6.07, 6.45) is -1.15. The highest BCUT2D eigenvalue weighted by Crippen LogP contribution is 2.25. The van der Waals surface area contributed by atoms with Crippen LogP contribution in [0.4, 0.5) is 8.78 Å². The molecule has 1 atom stereocenters. The summed E-state index contributed by atoms with van der Waals surface area (Å²) in [6.45, 7) is 0.624. The van der Waals surface area contributed by atoms with Crippen LogP contribution in [0.1, 0.15) is 41.4 Å². The van der Waals surface area contributed by atoms with Crippen molar-refractivity contribution in [3.8, 4) is 0 Å². The predicted octanol–water partition coefficient (Wildman–Crippen LogP) is 2.03. The van der Waals surface area contributed by atoms with Gasteiger partial charge in [0.15, 0.2) is 11.6 Å². The van der Waals surface area contributed by atoms with Crippen LogP contribution in [0.25, 0.3) is 0 Å². The molecular weight excluding hydrogens is 236 g/mol. The van der Waals surface area contributed by atoms with Crippen molar-refractivity contribution in [2.24, 2.45) is 0 Å². The fraction of sp³-hybridized carbons (Fsp3) is 0.600. The highest BCUT2D eigenvalue weighted by atomic mass is 19.3. The molecule has 1 aromatic rings. The molecule has 1 saturated heterocycles. The number of oxazole rings is 1. The molecule has 0 spiro atoms. The van der Waals surface area contributed by atoms with Gasteiger partial charge in [0.05, 0.1) is 12.5 Å². The summed E-state index contributed by atoms with van der Waals surface area (Å²) >= 11 is 0. The van der Waals surface area contributed by atoms with Crippen LogP contribution in [0.15, 0.2) is 4.42 Å². The molecule has 1 aliphatic heterocycles. The van der Waals surface area contributed by atoms with Crippen molar-refractivity contribution in [3.63, 3.8) is 0 Å². The molecule has 7 heteroatoms. The van der Waals surface area contributed by atoms with Gasteiger partial charge in [-0.2, -0.15) is 0 Å². The van der Waals surface area contributed by atoms with Gasteiger partial charge in [-0.25, -0.2) is 18.6 Å². The molecule has 0 amide bonds. The topological polar surface area (TPSA) is 72.6 Å². The molecule has 0 bridgehead atoms. The molecule has 94 valence electrons. The molecule has 5 nitrogen and oxygen atoms in total. The molecule has 1 aromatic heterocycles. The van der Waals surface area contributed by atoms with Gasteiger partial charge >= 0.3 is 5.97 Å². The van der Waals surface area contributed by atoms with E-state index in [4.69, 9.17) is 14.3 Å². The van der Waals surface area contributed by atoms with Crippen molar-refractivity contribution in [2.45, 2.75) is 31.8 Å². The van der Waals surface area contributed by atoms with E-state index >= 15 is 0 Å². The van der Waals surface area contributed by atoms with Crippen LogP contribution < -0.4 is 0 Å². The highest BCUT2D eigenvalue weighted by Gasteiger charge is 2.28. The maximum atomic E-state index is 12.5. The first-order valence-corrected chi connectivity index (χ1v) is 5.20. The molecule has 1 N–H and O–H groups in total. The minimum absolute atomic E-state index is 0.00963. The fourth-order valence-electron chi connectivity index (χ4n) is 1.77. The van der Waals surface area contributed by atoms with Crippen LogP contribution in [0.3, 0.4) is 0 Å². The van der Waals surface area contributed by atoms with E-state index in [1.165, 1.54) is 0 Å². The molecule has 1 fully saturated rings. The molecule has 2 heterocycles. The number of alkyl halides is 2. The zero-order chi connectivity index (χ0) is 12.4. The monoisotopic (exact) mass is 247 g/mol. The molecule has 0 aromatic carbocycles. The van der Waals surface area contributed by atoms with Crippen LogP contribution in [-0.2, 0) is 11.2 Å². The maximum Gasteiger partial charge on any atom is 0.374 e. The van der Waals surface area contributed by atoms with Crippen LogP contribution >= 0.6 is 0 Å². The summed E-state index contributed by atoms with van der Waals surface area (Å²) in [5, 5.41) is 8.69. The Morgan fingerprint density at radius 2 is 2.35 bits per heavy atom. The number of nitrogens with zero attached hydrogens (tertiary/aromatic N) is 1. The third-order valence-electron chi connectivity index (χ3n) is 2.52. The molecule has 17 heavy (non-hydrogen) atoms. The van der Waals surface area contributed by atoms with E-state index in [-0.39, 0.29) is 18.4 Å². The Bertz CT molecular complexity index is 412. The van der Waals surface area contributed by atoms with Crippen LogP contribution in [0.2, 0.25) is 0 Å². The van der Waals surface area contributed by atoms with E-state index < -0.39 is 23.8 Å². The number of hydrogen-bond acceptors (Lipinski definition) is 4. The van der Waals surface area contributed by atoms with Crippen molar-refractivity contribution < 1.29 is 27.8 Å². The predicted molar refractivity (Wildman–Crippen MR) is 51.1 cm³/mol. The van der Waals surface area contributed by atoms with Gasteiger partial charge in [0, 0.05) is 6.61 Å². The number of rotatable bonds is 4. The Morgan fingerprint density at radius 1 is 1.59 bits per heavy atom. The Hall–Kier alpha value is -1.50. The first kappa shape index (κ1) is 12.0. The number of carbonyl (C=O) groups is 1. The van der Waals surface area contributed by atoms with Crippen LogP contribution in [0, 0.1) is 0 Å². The summed E-state index contributed by atoms with van der Waals surface area (Å²) in [5.74, 6) is -2.33. The first-order chi connectivity index (χ1) is 8.08. The normalized spacial score (nSPS) is 20.1. The minimum atomic E-state index is -2.96. The molecular formula is C10H11F2NO4. The second-order valence-electron chi connectivity index (χ2n) is 3.77. The molecule has 0 aliphatic carbocycles. The number of carboxylic acid groups (broad SMARTS) is 1. The third-order valence-corrected chi connectivity index (χ3v) is 2.52. The van der Waals surface area contributed by atoms with Crippen molar-refractivity contribution in [2.75, 3.05) is 6.61 Å². The van der Waals surface area contributed by atoms with E-state index in [0.29, 0.717) is 6.61 Å². The van der Waals surface area contributed by atoms with E-state index in [9.17, 15) is 13.6 Å². The number of carboxylic acids is 1. The van der Waals surface area contributed by atoms with Crippen molar-refractivity contribution in [1.82, 2.24) is 4.98 Å². The van der Waals surface area contributed by atoms with E-state index in [0.717, 1.165) is 12.8 Å². The van der Waals surface area contributed by atoms with Crippen LogP contribution in [-0.4, -0.2) is 28.8 Å². The Kier molecular flexibility index (Phi) is 3.37. The standard InChI is InChI=1S/C10H11F2NO4/c11-9(12)7-8(10(14)15)17-6(13-7)4-5-2-1-3-16-5/h5,9H,1-4H2,(H,14,15). The molecule has 2 rings (SSSR count). The highest BCUT2D eigenvalue weighted by molar-refractivity contribution is 5.85. The zero-order valence-corrected chi connectivity index (χ0v) is 8.86. The Labute approximate surface area is 95.4 Å². The maximum absolute atomic E-state index is 12.5. The van der Waals surface area contributed by atoms with Crippen molar-refractivity contribution >= 4 is 5.97 Å². The number of aromatic carboxylic acids is 1. The Balaban J connectivity index is 2.17. The fourth-order valence-corrected chi connectivity index (χ4v) is 1.77.